The highest BCUT2D eigenvalue weighted by Gasteiger charge is 2.30. The lowest BCUT2D eigenvalue weighted by atomic mass is 9.88. The smallest absolute Gasteiger partial charge is 0.223 e. The van der Waals surface area contributed by atoms with Gasteiger partial charge in [-0.1, -0.05) is 49.6 Å². The van der Waals surface area contributed by atoms with Crippen molar-refractivity contribution in [2.45, 2.75) is 51.1 Å². The maximum Gasteiger partial charge on any atom is 0.223 e. The molecule has 0 spiro atoms. The molecule has 2 atom stereocenters. The highest BCUT2D eigenvalue weighted by molar-refractivity contribution is 7.10. The van der Waals surface area contributed by atoms with E-state index in [-0.39, 0.29) is 11.8 Å². The molecule has 1 saturated carbocycles. The quantitative estimate of drug-likeness (QED) is 0.834. The van der Waals surface area contributed by atoms with Gasteiger partial charge >= 0.3 is 0 Å². The van der Waals surface area contributed by atoms with E-state index in [4.69, 9.17) is 0 Å². The molecule has 4 heteroatoms. The SMILES string of the molecule is O=C(NC[C@H](c1cccs1)[NH+]1CCc2ccccc2C1)C1CCCCC1. The average molecular weight is 370 g/mol. The van der Waals surface area contributed by atoms with Crippen molar-refractivity contribution in [2.75, 3.05) is 13.1 Å². The van der Waals surface area contributed by atoms with Crippen molar-refractivity contribution < 1.29 is 9.69 Å². The lowest BCUT2D eigenvalue weighted by Crippen LogP contribution is -3.12. The Morgan fingerprint density at radius 1 is 1.12 bits per heavy atom. The summed E-state index contributed by atoms with van der Waals surface area (Å²) in [5.41, 5.74) is 2.96. The number of thiophene rings is 1. The van der Waals surface area contributed by atoms with Crippen LogP contribution in [-0.4, -0.2) is 19.0 Å². The number of quaternary nitrogens is 1. The van der Waals surface area contributed by atoms with Crippen LogP contribution in [0.25, 0.3) is 0 Å². The summed E-state index contributed by atoms with van der Waals surface area (Å²) in [4.78, 5) is 15.6. The third-order valence-corrected chi connectivity index (χ3v) is 7.07. The van der Waals surface area contributed by atoms with Gasteiger partial charge in [0, 0.05) is 17.9 Å². The predicted octanol–water partition coefficient (Wildman–Crippen LogP) is 3.13. The summed E-state index contributed by atoms with van der Waals surface area (Å²) in [6.07, 6.45) is 6.98. The third kappa shape index (κ3) is 4.02. The molecule has 2 heterocycles. The largest absolute Gasteiger partial charge is 0.349 e. The zero-order valence-corrected chi connectivity index (χ0v) is 16.2. The Balaban J connectivity index is 1.44. The molecule has 2 aromatic rings. The van der Waals surface area contributed by atoms with E-state index in [2.05, 4.69) is 47.1 Å². The minimum absolute atomic E-state index is 0.241. The molecule has 138 valence electrons. The second-order valence-corrected chi connectivity index (χ2v) is 8.73. The molecule has 4 rings (SSSR count). The van der Waals surface area contributed by atoms with Crippen molar-refractivity contribution in [3.8, 4) is 0 Å². The lowest BCUT2D eigenvalue weighted by Gasteiger charge is -2.33. The van der Waals surface area contributed by atoms with Gasteiger partial charge in [-0.15, -0.1) is 11.3 Å². The topological polar surface area (TPSA) is 33.5 Å². The van der Waals surface area contributed by atoms with E-state index in [1.165, 1.54) is 35.3 Å². The molecule has 0 bridgehead atoms. The second-order valence-electron chi connectivity index (χ2n) is 7.75. The summed E-state index contributed by atoms with van der Waals surface area (Å²) >= 11 is 1.82. The number of carbonyl (C=O) groups is 1. The number of hydrogen-bond donors (Lipinski definition) is 2. The van der Waals surface area contributed by atoms with E-state index >= 15 is 0 Å². The number of benzene rings is 1. The number of hydrogen-bond acceptors (Lipinski definition) is 2. The Labute approximate surface area is 160 Å². The zero-order valence-electron chi connectivity index (χ0n) is 15.4. The van der Waals surface area contributed by atoms with Crippen molar-refractivity contribution in [2.24, 2.45) is 5.92 Å². The molecule has 3 nitrogen and oxygen atoms in total. The van der Waals surface area contributed by atoms with Gasteiger partial charge in [0.2, 0.25) is 5.91 Å². The maximum absolute atomic E-state index is 12.6. The van der Waals surface area contributed by atoms with Gasteiger partial charge in [-0.05, 0) is 29.9 Å². The summed E-state index contributed by atoms with van der Waals surface area (Å²) in [5, 5.41) is 5.46. The first-order chi connectivity index (χ1) is 12.8. The standard InChI is InChI=1S/C22H28N2OS/c25-22(18-8-2-1-3-9-18)23-15-20(21-11-6-14-26-21)24-13-12-17-7-4-5-10-19(17)16-24/h4-7,10-11,14,18,20H,1-3,8-9,12-13,15-16H2,(H,23,25)/p+1/t20-/m1/s1. The van der Waals surface area contributed by atoms with E-state index in [0.29, 0.717) is 6.04 Å². The summed E-state index contributed by atoms with van der Waals surface area (Å²) in [7, 11) is 0. The Hall–Kier alpha value is -1.65. The van der Waals surface area contributed by atoms with Crippen LogP contribution in [0.4, 0.5) is 0 Å². The first kappa shape index (κ1) is 17.7. The van der Waals surface area contributed by atoms with Gasteiger partial charge in [-0.25, -0.2) is 0 Å². The number of amides is 1. The second kappa shape index (κ2) is 8.36. The number of nitrogens with one attached hydrogen (secondary N) is 2. The Kier molecular flexibility index (Phi) is 5.71. The minimum atomic E-state index is 0.241. The Morgan fingerprint density at radius 2 is 1.92 bits per heavy atom. The van der Waals surface area contributed by atoms with Crippen LogP contribution in [0.1, 0.15) is 54.1 Å². The van der Waals surface area contributed by atoms with Crippen LogP contribution in [0.3, 0.4) is 0 Å². The molecular weight excluding hydrogens is 340 g/mol. The maximum atomic E-state index is 12.6. The fourth-order valence-electron chi connectivity index (χ4n) is 4.55. The van der Waals surface area contributed by atoms with Gasteiger partial charge < -0.3 is 10.2 Å². The van der Waals surface area contributed by atoms with Gasteiger partial charge in [0.1, 0.15) is 12.6 Å². The van der Waals surface area contributed by atoms with Gasteiger partial charge in [0.25, 0.3) is 0 Å². The van der Waals surface area contributed by atoms with E-state index in [1.54, 1.807) is 4.90 Å². The van der Waals surface area contributed by atoms with Gasteiger partial charge in [-0.2, -0.15) is 0 Å². The average Bonchev–Trinajstić information content (AvgIpc) is 3.23. The summed E-state index contributed by atoms with van der Waals surface area (Å²) in [6, 6.07) is 13.5. The van der Waals surface area contributed by atoms with E-state index < -0.39 is 0 Å². The molecule has 2 aliphatic rings. The summed E-state index contributed by atoms with van der Waals surface area (Å²) in [5.74, 6) is 0.521. The van der Waals surface area contributed by atoms with Crippen LogP contribution in [-0.2, 0) is 17.8 Å². The first-order valence-electron chi connectivity index (χ1n) is 10.0. The van der Waals surface area contributed by atoms with E-state index in [9.17, 15) is 4.79 Å². The number of fused-ring (bicyclic) bond motifs is 1. The van der Waals surface area contributed by atoms with Gasteiger partial charge in [0.15, 0.2) is 0 Å². The fraction of sp³-hybridized carbons (Fsp3) is 0.500. The van der Waals surface area contributed by atoms with Crippen molar-refractivity contribution >= 4 is 17.2 Å². The summed E-state index contributed by atoms with van der Waals surface area (Å²) < 4.78 is 0. The molecule has 2 N–H and O–H groups in total. The van der Waals surface area contributed by atoms with Crippen LogP contribution in [0.2, 0.25) is 0 Å². The molecule has 1 aliphatic heterocycles. The van der Waals surface area contributed by atoms with Crippen LogP contribution < -0.4 is 10.2 Å². The molecule has 0 radical (unpaired) electrons. The fourth-order valence-corrected chi connectivity index (χ4v) is 5.43. The molecule has 0 saturated heterocycles. The molecule has 1 amide bonds. The zero-order chi connectivity index (χ0) is 17.8. The van der Waals surface area contributed by atoms with Gasteiger partial charge in [0.05, 0.1) is 18.0 Å². The highest BCUT2D eigenvalue weighted by Crippen LogP contribution is 2.24. The Morgan fingerprint density at radius 3 is 2.69 bits per heavy atom. The van der Waals surface area contributed by atoms with Crippen molar-refractivity contribution in [1.29, 1.82) is 0 Å². The van der Waals surface area contributed by atoms with Crippen LogP contribution in [0.5, 0.6) is 0 Å². The minimum Gasteiger partial charge on any atom is -0.349 e. The molecule has 1 aromatic heterocycles. The predicted molar refractivity (Wildman–Crippen MR) is 106 cm³/mol. The third-order valence-electron chi connectivity index (χ3n) is 6.09. The molecule has 1 fully saturated rings. The normalized spacial score (nSPS) is 21.8. The first-order valence-corrected chi connectivity index (χ1v) is 10.9. The monoisotopic (exact) mass is 369 g/mol. The number of carbonyl (C=O) groups excluding carboxylic acids is 1. The molecule has 1 aliphatic carbocycles. The van der Waals surface area contributed by atoms with E-state index in [0.717, 1.165) is 38.9 Å². The molecular formula is C22H29N2OS+. The van der Waals surface area contributed by atoms with Crippen molar-refractivity contribution in [3.05, 3.63) is 57.8 Å². The Bertz CT molecular complexity index is 722. The van der Waals surface area contributed by atoms with E-state index in [1.807, 2.05) is 11.3 Å². The van der Waals surface area contributed by atoms with Crippen molar-refractivity contribution in [3.63, 3.8) is 0 Å². The molecule has 26 heavy (non-hydrogen) atoms. The van der Waals surface area contributed by atoms with Crippen LogP contribution >= 0.6 is 11.3 Å². The van der Waals surface area contributed by atoms with Crippen LogP contribution in [0.15, 0.2) is 41.8 Å². The summed E-state index contributed by atoms with van der Waals surface area (Å²) in [6.45, 7) is 2.95. The molecule has 1 aromatic carbocycles. The highest BCUT2D eigenvalue weighted by atomic mass is 32.1. The molecule has 1 unspecified atom stereocenters. The van der Waals surface area contributed by atoms with Crippen LogP contribution in [0, 0.1) is 5.92 Å². The number of rotatable bonds is 5. The lowest BCUT2D eigenvalue weighted by molar-refractivity contribution is -0.945. The van der Waals surface area contributed by atoms with Gasteiger partial charge in [-0.3, -0.25) is 4.79 Å². The van der Waals surface area contributed by atoms with Crippen molar-refractivity contribution in [1.82, 2.24) is 5.32 Å².